The molecule has 0 unspecified atom stereocenters. The van der Waals surface area contributed by atoms with Gasteiger partial charge in [-0.2, -0.15) is 0 Å². The Kier molecular flexibility index (Phi) is 5.42. The van der Waals surface area contributed by atoms with Gasteiger partial charge in [0.2, 0.25) is 6.79 Å². The van der Waals surface area contributed by atoms with Gasteiger partial charge in [-0.1, -0.05) is 17.7 Å². The molecule has 0 spiro atoms. The fraction of sp³-hybridized carbons (Fsp3) is 0.100. The summed E-state index contributed by atoms with van der Waals surface area (Å²) in [5.41, 5.74) is 0.210. The lowest BCUT2D eigenvalue weighted by molar-refractivity contribution is -0.384. The zero-order valence-corrected chi connectivity index (χ0v) is 17.3. The zero-order chi connectivity index (χ0) is 22.2. The summed E-state index contributed by atoms with van der Waals surface area (Å²) in [6.07, 6.45) is 0. The van der Waals surface area contributed by atoms with Crippen molar-refractivity contribution in [2.24, 2.45) is 0 Å². The van der Waals surface area contributed by atoms with Crippen LogP contribution >= 0.6 is 11.6 Å². The van der Waals surface area contributed by atoms with E-state index in [1.807, 2.05) is 0 Å². The summed E-state index contributed by atoms with van der Waals surface area (Å²) in [5, 5.41) is 11.0. The molecular formula is C20H14ClFN2O6S. The minimum atomic E-state index is -4.28. The first-order valence-corrected chi connectivity index (χ1v) is 10.7. The van der Waals surface area contributed by atoms with E-state index in [2.05, 4.69) is 0 Å². The normalized spacial score (nSPS) is 12.6. The Morgan fingerprint density at radius 2 is 1.74 bits per heavy atom. The van der Waals surface area contributed by atoms with Gasteiger partial charge in [0.05, 0.1) is 22.1 Å². The third-order valence-corrected chi connectivity index (χ3v) is 6.67. The Bertz CT molecular complexity index is 1270. The molecule has 1 aliphatic heterocycles. The molecule has 8 nitrogen and oxygen atoms in total. The maximum Gasteiger partial charge on any atom is 0.289 e. The molecule has 0 N–H and O–H groups in total. The summed E-state index contributed by atoms with van der Waals surface area (Å²) in [5.74, 6) is 0.468. The molecule has 0 bridgehead atoms. The van der Waals surface area contributed by atoms with Crippen molar-refractivity contribution in [2.75, 3.05) is 11.1 Å². The molecule has 11 heteroatoms. The Labute approximate surface area is 181 Å². The van der Waals surface area contributed by atoms with Crippen LogP contribution in [0.2, 0.25) is 5.02 Å². The van der Waals surface area contributed by atoms with E-state index in [4.69, 9.17) is 21.1 Å². The summed E-state index contributed by atoms with van der Waals surface area (Å²) in [6.45, 7) is -0.0752. The SMILES string of the molecule is O=[N+]([O-])c1cc(S(=O)(=O)N(Cc2ccc3c(c2)OCO3)c2ccc(F)cc2)ccc1Cl. The number of hydrogen-bond acceptors (Lipinski definition) is 6. The van der Waals surface area contributed by atoms with Crippen LogP contribution in [-0.4, -0.2) is 20.1 Å². The fourth-order valence-electron chi connectivity index (χ4n) is 3.05. The lowest BCUT2D eigenvalue weighted by atomic mass is 10.2. The van der Waals surface area contributed by atoms with Gasteiger partial charge in [0, 0.05) is 6.07 Å². The largest absolute Gasteiger partial charge is 0.454 e. The second-order valence-corrected chi connectivity index (χ2v) is 8.82. The second kappa shape index (κ2) is 8.05. The molecule has 4 rings (SSSR count). The maximum atomic E-state index is 13.5. The third-order valence-electron chi connectivity index (χ3n) is 4.58. The van der Waals surface area contributed by atoms with E-state index >= 15 is 0 Å². The lowest BCUT2D eigenvalue weighted by Crippen LogP contribution is -2.30. The molecule has 0 atom stereocenters. The monoisotopic (exact) mass is 464 g/mol. The molecule has 0 saturated heterocycles. The number of nitrogens with zero attached hydrogens (tertiary/aromatic N) is 2. The van der Waals surface area contributed by atoms with Gasteiger partial charge >= 0.3 is 0 Å². The molecule has 0 aliphatic carbocycles. The molecule has 1 aliphatic rings. The van der Waals surface area contributed by atoms with Gasteiger partial charge in [0.25, 0.3) is 15.7 Å². The smallest absolute Gasteiger partial charge is 0.289 e. The number of halogens is 2. The van der Waals surface area contributed by atoms with Gasteiger partial charge in [0.1, 0.15) is 10.8 Å². The Balaban J connectivity index is 1.79. The number of rotatable bonds is 6. The molecule has 0 aromatic heterocycles. The van der Waals surface area contributed by atoms with E-state index < -0.39 is 26.5 Å². The van der Waals surface area contributed by atoms with Gasteiger partial charge < -0.3 is 9.47 Å². The highest BCUT2D eigenvalue weighted by molar-refractivity contribution is 7.92. The van der Waals surface area contributed by atoms with Crippen LogP contribution in [0, 0.1) is 15.9 Å². The predicted molar refractivity (Wildman–Crippen MR) is 110 cm³/mol. The topological polar surface area (TPSA) is 99.0 Å². The average molecular weight is 465 g/mol. The molecule has 0 amide bonds. The minimum absolute atomic E-state index is 0.0627. The average Bonchev–Trinajstić information content (AvgIpc) is 3.20. The van der Waals surface area contributed by atoms with E-state index in [9.17, 15) is 22.9 Å². The van der Waals surface area contributed by atoms with Crippen LogP contribution in [-0.2, 0) is 16.6 Å². The Hall–Kier alpha value is -3.37. The van der Waals surface area contributed by atoms with Crippen LogP contribution in [0.5, 0.6) is 11.5 Å². The second-order valence-electron chi connectivity index (χ2n) is 6.55. The van der Waals surface area contributed by atoms with Crippen molar-refractivity contribution in [3.05, 3.63) is 87.2 Å². The van der Waals surface area contributed by atoms with Crippen LogP contribution in [0.4, 0.5) is 15.8 Å². The first-order valence-electron chi connectivity index (χ1n) is 8.86. The van der Waals surface area contributed by atoms with Crippen molar-refractivity contribution in [1.82, 2.24) is 0 Å². The predicted octanol–water partition coefficient (Wildman–Crippen LogP) is 4.51. The number of fused-ring (bicyclic) bond motifs is 1. The first-order chi connectivity index (χ1) is 14.8. The summed E-state index contributed by atoms with van der Waals surface area (Å²) in [4.78, 5) is 10.1. The first kappa shape index (κ1) is 20.9. The highest BCUT2D eigenvalue weighted by atomic mass is 35.5. The summed E-state index contributed by atoms with van der Waals surface area (Å²) < 4.78 is 52.0. The quantitative estimate of drug-likeness (QED) is 0.393. The number of sulfonamides is 1. The number of ether oxygens (including phenoxy) is 2. The number of benzene rings is 3. The van der Waals surface area contributed by atoms with Crippen molar-refractivity contribution < 1.29 is 27.2 Å². The Morgan fingerprint density at radius 1 is 1.03 bits per heavy atom. The van der Waals surface area contributed by atoms with Crippen molar-refractivity contribution in [2.45, 2.75) is 11.4 Å². The number of hydrogen-bond donors (Lipinski definition) is 0. The van der Waals surface area contributed by atoms with Gasteiger partial charge in [-0.3, -0.25) is 14.4 Å². The van der Waals surface area contributed by atoms with Gasteiger partial charge in [-0.15, -0.1) is 0 Å². The third kappa shape index (κ3) is 4.12. The van der Waals surface area contributed by atoms with E-state index in [1.54, 1.807) is 18.2 Å². The molecular weight excluding hydrogens is 451 g/mol. The van der Waals surface area contributed by atoms with Crippen molar-refractivity contribution >= 4 is 33.0 Å². The van der Waals surface area contributed by atoms with Crippen LogP contribution in [0.25, 0.3) is 0 Å². The molecule has 0 saturated carbocycles. The van der Waals surface area contributed by atoms with Crippen LogP contribution in [0.3, 0.4) is 0 Å². The van der Waals surface area contributed by atoms with Crippen LogP contribution < -0.4 is 13.8 Å². The molecule has 3 aromatic rings. The van der Waals surface area contributed by atoms with Crippen LogP contribution in [0.15, 0.2) is 65.6 Å². The van der Waals surface area contributed by atoms with Gasteiger partial charge in [-0.05, 0) is 54.1 Å². The molecule has 3 aromatic carbocycles. The molecule has 1 heterocycles. The van der Waals surface area contributed by atoms with Crippen molar-refractivity contribution in [3.63, 3.8) is 0 Å². The van der Waals surface area contributed by atoms with E-state index in [1.165, 1.54) is 18.2 Å². The highest BCUT2D eigenvalue weighted by Gasteiger charge is 2.28. The van der Waals surface area contributed by atoms with Gasteiger partial charge in [0.15, 0.2) is 11.5 Å². The van der Waals surface area contributed by atoms with Crippen LogP contribution in [0.1, 0.15) is 5.56 Å². The van der Waals surface area contributed by atoms with Gasteiger partial charge in [-0.25, -0.2) is 12.8 Å². The highest BCUT2D eigenvalue weighted by Crippen LogP contribution is 2.35. The fourth-order valence-corrected chi connectivity index (χ4v) is 4.71. The number of nitro groups is 1. The summed E-state index contributed by atoms with van der Waals surface area (Å²) in [7, 11) is -4.28. The van der Waals surface area contributed by atoms with E-state index in [0.29, 0.717) is 17.1 Å². The lowest BCUT2D eigenvalue weighted by Gasteiger charge is -2.25. The minimum Gasteiger partial charge on any atom is -0.454 e. The summed E-state index contributed by atoms with van der Waals surface area (Å²) >= 11 is 5.82. The van der Waals surface area contributed by atoms with E-state index in [-0.39, 0.29) is 28.9 Å². The number of anilines is 1. The molecule has 160 valence electrons. The molecule has 0 fully saturated rings. The molecule has 0 radical (unpaired) electrons. The summed E-state index contributed by atoms with van der Waals surface area (Å²) in [6, 6.07) is 13.1. The Morgan fingerprint density at radius 3 is 2.45 bits per heavy atom. The number of nitro benzene ring substituents is 1. The maximum absolute atomic E-state index is 13.5. The van der Waals surface area contributed by atoms with E-state index in [0.717, 1.165) is 28.6 Å². The molecule has 31 heavy (non-hydrogen) atoms. The van der Waals surface area contributed by atoms with Crippen molar-refractivity contribution in [3.8, 4) is 11.5 Å². The van der Waals surface area contributed by atoms with Crippen molar-refractivity contribution in [1.29, 1.82) is 0 Å². The zero-order valence-electron chi connectivity index (χ0n) is 15.7. The standard InChI is InChI=1S/C20H14ClFN2O6S/c21-17-7-6-16(10-18(17)24(25)26)31(27,28)23(15-4-2-14(22)3-5-15)11-13-1-8-19-20(9-13)30-12-29-19/h1-10H,11-12H2.